The Morgan fingerprint density at radius 1 is 1.13 bits per heavy atom. The van der Waals surface area contributed by atoms with Crippen molar-refractivity contribution in [2.24, 2.45) is 0 Å². The van der Waals surface area contributed by atoms with E-state index >= 15 is 0 Å². The molecule has 0 atom stereocenters. The van der Waals surface area contributed by atoms with Crippen molar-refractivity contribution < 1.29 is 23.6 Å². The number of carbonyl (C=O) groups is 1. The number of hydroxylamine groups is 3. The van der Waals surface area contributed by atoms with E-state index in [-0.39, 0.29) is 29.1 Å². The molecule has 1 heterocycles. The first kappa shape index (κ1) is 22.3. The number of nitrogens with one attached hydrogen (secondary N) is 2. The Kier molecular flexibility index (Phi) is 6.64. The number of carbonyl (C=O) groups excluding carboxylic acids is 1. The average molecular weight is 448 g/mol. The van der Waals surface area contributed by atoms with Crippen LogP contribution in [0.2, 0.25) is 5.02 Å². The fourth-order valence-corrected chi connectivity index (χ4v) is 3.06. The van der Waals surface area contributed by atoms with Crippen LogP contribution in [-0.4, -0.2) is 37.9 Å². The average Bonchev–Trinajstić information content (AvgIpc) is 2.70. The molecule has 0 aliphatic rings. The van der Waals surface area contributed by atoms with E-state index in [4.69, 9.17) is 16.3 Å². The van der Waals surface area contributed by atoms with Gasteiger partial charge in [0, 0.05) is 17.5 Å². The van der Waals surface area contributed by atoms with Crippen molar-refractivity contribution in [2.45, 2.75) is 6.42 Å². The third-order valence-electron chi connectivity index (χ3n) is 4.33. The second-order valence-electron chi connectivity index (χ2n) is 7.34. The lowest BCUT2D eigenvalue weighted by Gasteiger charge is -2.33. The van der Waals surface area contributed by atoms with Crippen molar-refractivity contribution >= 4 is 40.2 Å². The molecule has 11 heteroatoms. The first-order valence-corrected chi connectivity index (χ1v) is 9.81. The van der Waals surface area contributed by atoms with Crippen LogP contribution in [0.4, 0.5) is 16.3 Å². The Morgan fingerprint density at radius 3 is 2.55 bits per heavy atom. The number of rotatable bonds is 7. The van der Waals surface area contributed by atoms with Crippen molar-refractivity contribution in [3.8, 4) is 5.75 Å². The minimum absolute atomic E-state index is 0.113. The molecular weight excluding hydrogens is 426 g/mol. The summed E-state index contributed by atoms with van der Waals surface area (Å²) >= 11 is 6.02. The summed E-state index contributed by atoms with van der Waals surface area (Å²) in [6.07, 6.45) is 1.49. The van der Waals surface area contributed by atoms with E-state index in [2.05, 4.69) is 10.6 Å². The number of urea groups is 1. The number of nitrogens with zero attached hydrogens (tertiary/aromatic N) is 3. The zero-order valence-corrected chi connectivity index (χ0v) is 17.8. The minimum Gasteiger partial charge on any atom is -0.710 e. The van der Waals surface area contributed by atoms with Gasteiger partial charge in [-0.25, -0.2) is 9.52 Å². The molecule has 0 radical (unpaired) electrons. The Bertz CT molecular complexity index is 1100. The number of hydrogen-bond acceptors (Lipinski definition) is 5. The molecule has 10 nitrogen and oxygen atoms in total. The number of para-hydroxylation sites is 2. The minimum atomic E-state index is -0.760. The van der Waals surface area contributed by atoms with E-state index in [1.807, 2.05) is 0 Å². The molecule has 0 spiro atoms. The van der Waals surface area contributed by atoms with E-state index in [0.29, 0.717) is 33.2 Å². The molecule has 0 fully saturated rings. The van der Waals surface area contributed by atoms with E-state index in [1.54, 1.807) is 38.4 Å². The van der Waals surface area contributed by atoms with Crippen LogP contribution in [-0.2, 0) is 0 Å². The Labute approximate surface area is 183 Å². The molecule has 1 aromatic heterocycles. The van der Waals surface area contributed by atoms with Gasteiger partial charge in [0.15, 0.2) is 0 Å². The third-order valence-corrected chi connectivity index (χ3v) is 4.56. The first-order valence-electron chi connectivity index (χ1n) is 9.43. The lowest BCUT2D eigenvalue weighted by Crippen LogP contribution is -2.41. The standard InChI is InChI=1S/C20H22ClN5O5/c1-26(2,30)10-5-11-31-18-9-8-14(21)12-15(18)22-20(27)23-19-13-24(28)16-6-3-4-7-17(16)25(19)29/h3-4,6-9,12-13H,5,10-11H2,1-2H3,(H2,22,23,27). The van der Waals surface area contributed by atoms with Gasteiger partial charge in [0.1, 0.15) is 5.75 Å². The van der Waals surface area contributed by atoms with Crippen LogP contribution in [0.15, 0.2) is 48.7 Å². The quantitative estimate of drug-likeness (QED) is 0.189. The molecule has 164 valence electrons. The first-order chi connectivity index (χ1) is 14.6. The van der Waals surface area contributed by atoms with Crippen molar-refractivity contribution in [1.82, 2.24) is 0 Å². The number of aromatic nitrogens is 2. The van der Waals surface area contributed by atoms with Gasteiger partial charge in [0.25, 0.3) is 11.7 Å². The van der Waals surface area contributed by atoms with E-state index < -0.39 is 10.7 Å². The Morgan fingerprint density at radius 2 is 1.84 bits per heavy atom. The second kappa shape index (κ2) is 9.21. The largest absolute Gasteiger partial charge is 0.710 e. The topological polar surface area (TPSA) is 127 Å². The van der Waals surface area contributed by atoms with Gasteiger partial charge in [-0.05, 0) is 24.3 Å². The van der Waals surface area contributed by atoms with E-state index in [0.717, 1.165) is 6.20 Å². The van der Waals surface area contributed by atoms with Crippen LogP contribution in [0.1, 0.15) is 6.42 Å². The maximum absolute atomic E-state index is 12.5. The molecule has 31 heavy (non-hydrogen) atoms. The predicted molar refractivity (Wildman–Crippen MR) is 116 cm³/mol. The third kappa shape index (κ3) is 5.85. The highest BCUT2D eigenvalue weighted by molar-refractivity contribution is 6.31. The van der Waals surface area contributed by atoms with Gasteiger partial charge in [-0.15, -0.1) is 0 Å². The molecule has 0 unspecified atom stereocenters. The maximum Gasteiger partial charge on any atom is 0.411 e. The Balaban J connectivity index is 1.73. The molecule has 3 aromatic rings. The van der Waals surface area contributed by atoms with Crippen LogP contribution in [0, 0.1) is 15.6 Å². The number of amides is 2. The highest BCUT2D eigenvalue weighted by Crippen LogP contribution is 2.28. The van der Waals surface area contributed by atoms with Crippen LogP contribution < -0.4 is 24.8 Å². The summed E-state index contributed by atoms with van der Waals surface area (Å²) in [5.74, 6) is 0.106. The molecule has 2 amide bonds. The number of anilines is 2. The van der Waals surface area contributed by atoms with Gasteiger partial charge in [0.05, 0.1) is 32.9 Å². The summed E-state index contributed by atoms with van der Waals surface area (Å²) in [6.45, 7) is 0.640. The van der Waals surface area contributed by atoms with Gasteiger partial charge < -0.3 is 25.0 Å². The number of fused-ring (bicyclic) bond motifs is 1. The van der Waals surface area contributed by atoms with Crippen molar-refractivity contribution in [3.63, 3.8) is 0 Å². The van der Waals surface area contributed by atoms with E-state index in [1.165, 1.54) is 18.2 Å². The van der Waals surface area contributed by atoms with Gasteiger partial charge in [-0.3, -0.25) is 5.32 Å². The van der Waals surface area contributed by atoms with Crippen molar-refractivity contribution in [2.75, 3.05) is 37.9 Å². The van der Waals surface area contributed by atoms with Gasteiger partial charge in [-0.1, -0.05) is 23.7 Å². The highest BCUT2D eigenvalue weighted by Gasteiger charge is 2.20. The summed E-state index contributed by atoms with van der Waals surface area (Å²) in [7, 11) is 3.08. The van der Waals surface area contributed by atoms with Crippen LogP contribution in [0.5, 0.6) is 5.75 Å². The summed E-state index contributed by atoms with van der Waals surface area (Å²) in [5.41, 5.74) is 0.560. The van der Waals surface area contributed by atoms with Crippen LogP contribution in [0.3, 0.4) is 0 Å². The summed E-state index contributed by atoms with van der Waals surface area (Å²) < 4.78 is 6.20. The van der Waals surface area contributed by atoms with Gasteiger partial charge >= 0.3 is 11.8 Å². The molecule has 0 saturated heterocycles. The molecule has 0 saturated carbocycles. The lowest BCUT2D eigenvalue weighted by atomic mass is 10.3. The highest BCUT2D eigenvalue weighted by atomic mass is 35.5. The van der Waals surface area contributed by atoms with E-state index in [9.17, 15) is 20.4 Å². The predicted octanol–water partition coefficient (Wildman–Crippen LogP) is 2.75. The molecule has 0 aliphatic heterocycles. The van der Waals surface area contributed by atoms with Crippen molar-refractivity contribution in [3.05, 3.63) is 69.3 Å². The number of hydrogen-bond donors (Lipinski definition) is 2. The summed E-state index contributed by atoms with van der Waals surface area (Å²) in [4.78, 5) is 12.5. The smallest absolute Gasteiger partial charge is 0.411 e. The number of quaternary nitrogens is 1. The summed E-state index contributed by atoms with van der Waals surface area (Å²) in [6, 6.07) is 10.1. The van der Waals surface area contributed by atoms with Gasteiger partial charge in [0.2, 0.25) is 5.52 Å². The lowest BCUT2D eigenvalue weighted by molar-refractivity contribution is -0.840. The molecular formula is C20H22ClN5O5. The molecule has 2 aromatic carbocycles. The fraction of sp³-hybridized carbons (Fsp3) is 0.250. The number of halogens is 1. The van der Waals surface area contributed by atoms with Gasteiger partial charge in [-0.2, -0.15) is 10.0 Å². The summed E-state index contributed by atoms with van der Waals surface area (Å²) in [5, 5.41) is 41.5. The second-order valence-corrected chi connectivity index (χ2v) is 7.78. The number of ether oxygens (including phenoxy) is 1. The Hall–Kier alpha value is -3.34. The molecule has 0 bridgehead atoms. The van der Waals surface area contributed by atoms with Crippen LogP contribution in [0.25, 0.3) is 11.0 Å². The maximum atomic E-state index is 12.5. The number of benzene rings is 2. The molecule has 0 aliphatic carbocycles. The zero-order chi connectivity index (χ0) is 22.6. The SMILES string of the molecule is C[N+](C)([O-])CCCOc1ccc(Cl)cc1NC(=O)Nc1c[n+]([O-])c2ccccc2[n+]1[O-]. The molecule has 2 N–H and O–H groups in total. The molecule has 3 rings (SSSR count). The van der Waals surface area contributed by atoms with Crippen LogP contribution >= 0.6 is 11.6 Å². The monoisotopic (exact) mass is 447 g/mol. The normalized spacial score (nSPS) is 11.4. The fourth-order valence-electron chi connectivity index (χ4n) is 2.89. The zero-order valence-electron chi connectivity index (χ0n) is 17.0. The van der Waals surface area contributed by atoms with Crippen molar-refractivity contribution in [1.29, 1.82) is 0 Å².